The molecular weight excluding hydrogens is 613 g/mol. The Balaban J connectivity index is 1.28. The van der Waals surface area contributed by atoms with Crippen LogP contribution in [0, 0.1) is 18.3 Å². The Labute approximate surface area is 290 Å². The molecule has 0 atom stereocenters. The summed E-state index contributed by atoms with van der Waals surface area (Å²) < 4.78 is 8.83. The molecule has 4 heterocycles. The number of hydrogen-bond donors (Lipinski definition) is 0. The Morgan fingerprint density at radius 3 is 1.82 bits per heavy atom. The summed E-state index contributed by atoms with van der Waals surface area (Å²) in [6.45, 7) is 8.86. The minimum Gasteiger partial charge on any atom is -0.294 e. The molecule has 0 unspecified atom stereocenters. The summed E-state index contributed by atoms with van der Waals surface area (Å²) >= 11 is 0. The summed E-state index contributed by atoms with van der Waals surface area (Å²) in [5, 5.41) is 14.6. The van der Waals surface area contributed by atoms with Gasteiger partial charge in [-0.2, -0.15) is 14.4 Å². The van der Waals surface area contributed by atoms with Crippen molar-refractivity contribution in [2.75, 3.05) is 0 Å². The highest BCUT2D eigenvalue weighted by Crippen LogP contribution is 2.41. The molecule has 0 fully saturated rings. The van der Waals surface area contributed by atoms with E-state index in [1.807, 2.05) is 36.4 Å². The van der Waals surface area contributed by atoms with E-state index in [9.17, 15) is 5.26 Å². The van der Waals surface area contributed by atoms with Gasteiger partial charge in [0.1, 0.15) is 41.1 Å². The molecule has 0 aliphatic rings. The van der Waals surface area contributed by atoms with Gasteiger partial charge in [0.15, 0.2) is 0 Å². The lowest BCUT2D eigenvalue weighted by Crippen LogP contribution is -2.32. The SMILES string of the molecule is Cc1n(-c2cccc(-n3c4ccccc4c4c(C#N)c5c6ccccc6n(-c6ccccc6)c5nc43)c2)cc[n+]1-c1ccc(C(C)(C)C)cc1. The van der Waals surface area contributed by atoms with Crippen molar-refractivity contribution in [2.45, 2.75) is 33.1 Å². The van der Waals surface area contributed by atoms with Crippen LogP contribution in [0.5, 0.6) is 0 Å². The van der Waals surface area contributed by atoms with Crippen molar-refractivity contribution in [2.24, 2.45) is 0 Å². The fraction of sp³-hybridized carbons (Fsp3) is 0.114. The van der Waals surface area contributed by atoms with Crippen LogP contribution in [0.3, 0.4) is 0 Å². The largest absolute Gasteiger partial charge is 0.294 e. The lowest BCUT2D eigenvalue weighted by atomic mass is 9.87. The summed E-state index contributed by atoms with van der Waals surface area (Å²) in [5.74, 6) is 1.09. The van der Waals surface area contributed by atoms with Crippen LogP contribution >= 0.6 is 0 Å². The molecule has 0 spiro atoms. The van der Waals surface area contributed by atoms with Crippen molar-refractivity contribution in [3.8, 4) is 28.8 Å². The average Bonchev–Trinajstić information content (AvgIpc) is 3.80. The maximum Gasteiger partial charge on any atom is 0.263 e. The van der Waals surface area contributed by atoms with Gasteiger partial charge in [-0.1, -0.05) is 93.6 Å². The number of rotatable bonds is 4. The van der Waals surface area contributed by atoms with Gasteiger partial charge in [0.2, 0.25) is 0 Å². The van der Waals surface area contributed by atoms with E-state index in [0.717, 1.165) is 72.4 Å². The molecule has 0 aliphatic carbocycles. The minimum absolute atomic E-state index is 0.101. The lowest BCUT2D eigenvalue weighted by Gasteiger charge is -2.18. The molecule has 5 aromatic carbocycles. The smallest absolute Gasteiger partial charge is 0.263 e. The number of benzene rings is 5. The third-order valence-corrected chi connectivity index (χ3v) is 9.98. The van der Waals surface area contributed by atoms with Gasteiger partial charge in [-0.3, -0.25) is 9.13 Å². The molecule has 50 heavy (non-hydrogen) atoms. The van der Waals surface area contributed by atoms with Crippen LogP contribution in [0.1, 0.15) is 37.7 Å². The second kappa shape index (κ2) is 11.0. The summed E-state index contributed by atoms with van der Waals surface area (Å²) in [5.41, 5.74) is 9.74. The number of pyridine rings is 1. The van der Waals surface area contributed by atoms with Gasteiger partial charge in [-0.15, -0.1) is 0 Å². The summed E-state index contributed by atoms with van der Waals surface area (Å²) in [6.07, 6.45) is 4.24. The maximum atomic E-state index is 10.9. The van der Waals surface area contributed by atoms with Crippen LogP contribution in [-0.2, 0) is 5.41 Å². The maximum absolute atomic E-state index is 10.9. The lowest BCUT2D eigenvalue weighted by molar-refractivity contribution is -0.601. The van der Waals surface area contributed by atoms with Gasteiger partial charge in [-0.05, 0) is 59.5 Å². The standard InChI is InChI=1S/C44H35N6/c1-29-47(31-23-21-30(22-24-31)44(2,3)4)25-26-48(29)33-15-12-16-34(27-33)50-39-20-11-9-18-36(39)41-37(28-45)40-35-17-8-10-19-38(35)49(42(40)46-43(41)50)32-13-6-5-7-14-32/h5-27H,1-4H3/q+1. The van der Waals surface area contributed by atoms with Gasteiger partial charge in [-0.25, -0.2) is 4.98 Å². The fourth-order valence-corrected chi connectivity index (χ4v) is 7.51. The third-order valence-electron chi connectivity index (χ3n) is 9.98. The first-order chi connectivity index (χ1) is 24.3. The number of imidazole rings is 1. The van der Waals surface area contributed by atoms with Gasteiger partial charge in [0.05, 0.1) is 22.3 Å². The Morgan fingerprint density at radius 1 is 0.640 bits per heavy atom. The Kier molecular flexibility index (Phi) is 6.55. The monoisotopic (exact) mass is 647 g/mol. The second-order valence-electron chi connectivity index (χ2n) is 13.9. The first kappa shape index (κ1) is 29.7. The van der Waals surface area contributed by atoms with E-state index >= 15 is 0 Å². The molecular formula is C44H35N6+. The number of aromatic nitrogens is 5. The predicted octanol–water partition coefficient (Wildman–Crippen LogP) is 9.82. The Morgan fingerprint density at radius 2 is 1.20 bits per heavy atom. The van der Waals surface area contributed by atoms with E-state index in [1.54, 1.807) is 0 Å². The van der Waals surface area contributed by atoms with Crippen LogP contribution in [0.25, 0.3) is 66.6 Å². The molecule has 0 bridgehead atoms. The first-order valence-corrected chi connectivity index (χ1v) is 17.0. The third kappa shape index (κ3) is 4.40. The number of nitriles is 1. The van der Waals surface area contributed by atoms with E-state index in [-0.39, 0.29) is 5.41 Å². The van der Waals surface area contributed by atoms with E-state index in [1.165, 1.54) is 5.56 Å². The molecule has 0 saturated heterocycles. The van der Waals surface area contributed by atoms with E-state index in [2.05, 4.69) is 155 Å². The first-order valence-electron chi connectivity index (χ1n) is 17.0. The van der Waals surface area contributed by atoms with Crippen molar-refractivity contribution in [1.82, 2.24) is 18.7 Å². The Bertz CT molecular complexity index is 2800. The zero-order chi connectivity index (χ0) is 34.1. The van der Waals surface area contributed by atoms with Crippen molar-refractivity contribution < 1.29 is 4.57 Å². The van der Waals surface area contributed by atoms with Crippen LogP contribution in [0.15, 0.2) is 140 Å². The summed E-state index contributed by atoms with van der Waals surface area (Å²) in [7, 11) is 0. The summed E-state index contributed by atoms with van der Waals surface area (Å²) in [4.78, 5) is 5.47. The molecule has 4 aromatic heterocycles. The Hall–Kier alpha value is -6.45. The average molecular weight is 648 g/mol. The molecule has 6 heteroatoms. The molecule has 0 radical (unpaired) electrons. The molecule has 240 valence electrons. The predicted molar refractivity (Wildman–Crippen MR) is 202 cm³/mol. The van der Waals surface area contributed by atoms with Crippen molar-refractivity contribution >= 4 is 43.9 Å². The van der Waals surface area contributed by atoms with Gasteiger partial charge in [0.25, 0.3) is 5.82 Å². The summed E-state index contributed by atoms with van der Waals surface area (Å²) in [6, 6.07) is 46.9. The van der Waals surface area contributed by atoms with Crippen LogP contribution < -0.4 is 4.57 Å². The molecule has 6 nitrogen and oxygen atoms in total. The van der Waals surface area contributed by atoms with Crippen molar-refractivity contribution in [3.05, 3.63) is 157 Å². The van der Waals surface area contributed by atoms with E-state index < -0.39 is 0 Å². The molecule has 0 N–H and O–H groups in total. The number of fused-ring (bicyclic) bond motifs is 6. The quantitative estimate of drug-likeness (QED) is 0.179. The number of para-hydroxylation sites is 3. The fourth-order valence-electron chi connectivity index (χ4n) is 7.51. The van der Waals surface area contributed by atoms with Crippen LogP contribution in [0.4, 0.5) is 0 Å². The molecule has 9 aromatic rings. The van der Waals surface area contributed by atoms with Crippen LogP contribution in [0.2, 0.25) is 0 Å². The topological polar surface area (TPSA) is 55.4 Å². The highest BCUT2D eigenvalue weighted by Gasteiger charge is 2.25. The van der Waals surface area contributed by atoms with E-state index in [0.29, 0.717) is 5.56 Å². The zero-order valence-electron chi connectivity index (χ0n) is 28.5. The minimum atomic E-state index is 0.101. The van der Waals surface area contributed by atoms with Gasteiger partial charge in [0, 0.05) is 40.2 Å². The molecule has 9 rings (SSSR count). The number of nitrogens with zero attached hydrogens (tertiary/aromatic N) is 6. The zero-order valence-corrected chi connectivity index (χ0v) is 28.5. The van der Waals surface area contributed by atoms with Crippen molar-refractivity contribution in [3.63, 3.8) is 0 Å². The number of hydrogen-bond acceptors (Lipinski definition) is 2. The highest BCUT2D eigenvalue weighted by atomic mass is 15.2. The molecule has 0 saturated carbocycles. The van der Waals surface area contributed by atoms with Gasteiger partial charge >= 0.3 is 0 Å². The van der Waals surface area contributed by atoms with Crippen molar-refractivity contribution in [1.29, 1.82) is 5.26 Å². The van der Waals surface area contributed by atoms with Crippen LogP contribution in [-0.4, -0.2) is 18.7 Å². The molecule has 0 amide bonds. The molecule has 0 aliphatic heterocycles. The van der Waals surface area contributed by atoms with Gasteiger partial charge < -0.3 is 0 Å². The normalized spacial score (nSPS) is 12.0. The highest BCUT2D eigenvalue weighted by molar-refractivity contribution is 6.20. The van der Waals surface area contributed by atoms with E-state index in [4.69, 9.17) is 4.98 Å². The second-order valence-corrected chi connectivity index (χ2v) is 13.9.